The number of carbonyl (C=O) groups excluding carboxylic acids is 1. The average molecular weight is 358 g/mol. The number of carboxylic acid groups (broad SMARTS) is 1. The van der Waals surface area contributed by atoms with Gasteiger partial charge in [0.1, 0.15) is 0 Å². The number of aryl methyl sites for hydroxylation is 3. The molecule has 25 heavy (non-hydrogen) atoms. The zero-order chi connectivity index (χ0) is 18.0. The average Bonchev–Trinajstić information content (AvgIpc) is 3.19. The quantitative estimate of drug-likeness (QED) is 0.892. The second-order valence-corrected chi connectivity index (χ2v) is 7.51. The lowest BCUT2D eigenvalue weighted by Crippen LogP contribution is -2.30. The first-order chi connectivity index (χ1) is 12.0. The van der Waals surface area contributed by atoms with Crippen molar-refractivity contribution in [1.82, 2.24) is 9.88 Å². The van der Waals surface area contributed by atoms with Crippen LogP contribution in [0.15, 0.2) is 29.8 Å². The van der Waals surface area contributed by atoms with Crippen molar-refractivity contribution < 1.29 is 14.7 Å². The highest BCUT2D eigenvalue weighted by atomic mass is 32.1. The van der Waals surface area contributed by atoms with Crippen LogP contribution in [0.1, 0.15) is 34.0 Å². The number of rotatable bonds is 5. The number of amides is 1. The molecule has 0 unspecified atom stereocenters. The summed E-state index contributed by atoms with van der Waals surface area (Å²) in [5.74, 6) is -1.50. The van der Waals surface area contributed by atoms with Gasteiger partial charge in [0, 0.05) is 30.3 Å². The van der Waals surface area contributed by atoms with E-state index < -0.39 is 11.9 Å². The van der Waals surface area contributed by atoms with Crippen LogP contribution >= 0.6 is 11.3 Å². The number of aromatic nitrogens is 1. The fourth-order valence-corrected chi connectivity index (χ4v) is 4.30. The van der Waals surface area contributed by atoms with Crippen molar-refractivity contribution in [2.45, 2.75) is 32.6 Å². The summed E-state index contributed by atoms with van der Waals surface area (Å²) < 4.78 is 0. The van der Waals surface area contributed by atoms with Crippen LogP contribution in [0.25, 0.3) is 0 Å². The summed E-state index contributed by atoms with van der Waals surface area (Å²) in [5.41, 5.74) is 4.87. The molecule has 6 heteroatoms. The van der Waals surface area contributed by atoms with Gasteiger partial charge >= 0.3 is 5.97 Å². The third kappa shape index (κ3) is 3.74. The Morgan fingerprint density at radius 1 is 1.28 bits per heavy atom. The van der Waals surface area contributed by atoms with Crippen LogP contribution in [0.3, 0.4) is 0 Å². The van der Waals surface area contributed by atoms with Crippen molar-refractivity contribution >= 4 is 23.2 Å². The minimum Gasteiger partial charge on any atom is -0.481 e. The lowest BCUT2D eigenvalue weighted by molar-refractivity contribution is -0.141. The van der Waals surface area contributed by atoms with Crippen molar-refractivity contribution in [3.05, 3.63) is 51.5 Å². The molecule has 2 atom stereocenters. The first-order valence-electron chi connectivity index (χ1n) is 8.42. The van der Waals surface area contributed by atoms with Gasteiger partial charge in [-0.3, -0.25) is 9.59 Å². The third-order valence-electron chi connectivity index (χ3n) is 4.99. The Morgan fingerprint density at radius 2 is 2.04 bits per heavy atom. The molecule has 1 fully saturated rings. The highest BCUT2D eigenvalue weighted by Crippen LogP contribution is 2.35. The van der Waals surface area contributed by atoms with Crippen LogP contribution in [0.2, 0.25) is 0 Å². The summed E-state index contributed by atoms with van der Waals surface area (Å²) in [6.07, 6.45) is 1.06. The first-order valence-corrected chi connectivity index (χ1v) is 9.30. The van der Waals surface area contributed by atoms with Gasteiger partial charge in [-0.25, -0.2) is 4.98 Å². The van der Waals surface area contributed by atoms with E-state index in [0.29, 0.717) is 19.4 Å². The fourth-order valence-electron chi connectivity index (χ4n) is 3.52. The van der Waals surface area contributed by atoms with Gasteiger partial charge in [-0.05, 0) is 31.4 Å². The molecule has 0 spiro atoms. The number of hydrogen-bond donors (Lipinski definition) is 1. The number of hydrogen-bond acceptors (Lipinski definition) is 4. The predicted molar refractivity (Wildman–Crippen MR) is 96.8 cm³/mol. The maximum absolute atomic E-state index is 12.6. The Morgan fingerprint density at radius 3 is 2.68 bits per heavy atom. The Kier molecular flexibility index (Phi) is 5.18. The molecule has 1 aromatic carbocycles. The van der Waals surface area contributed by atoms with Gasteiger partial charge in [-0.1, -0.05) is 24.3 Å². The Balaban J connectivity index is 1.71. The monoisotopic (exact) mass is 358 g/mol. The van der Waals surface area contributed by atoms with E-state index in [1.807, 2.05) is 38.1 Å². The van der Waals surface area contributed by atoms with Crippen LogP contribution in [-0.4, -0.2) is 40.0 Å². The van der Waals surface area contributed by atoms with E-state index in [1.54, 1.807) is 21.7 Å². The van der Waals surface area contributed by atoms with Gasteiger partial charge < -0.3 is 10.0 Å². The molecular weight excluding hydrogens is 336 g/mol. The van der Waals surface area contributed by atoms with E-state index >= 15 is 0 Å². The maximum atomic E-state index is 12.6. The third-order valence-corrected chi connectivity index (χ3v) is 5.98. The molecule has 1 saturated heterocycles. The van der Waals surface area contributed by atoms with E-state index in [2.05, 4.69) is 4.98 Å². The van der Waals surface area contributed by atoms with Gasteiger partial charge in [0.25, 0.3) is 0 Å². The SMILES string of the molecule is Cc1ccccc1[C@H]1CN(C(=O)CCc2scnc2C)C[C@@H]1C(=O)O. The van der Waals surface area contributed by atoms with E-state index in [0.717, 1.165) is 21.7 Å². The van der Waals surface area contributed by atoms with Crippen molar-refractivity contribution in [2.24, 2.45) is 5.92 Å². The van der Waals surface area contributed by atoms with E-state index in [-0.39, 0.29) is 18.4 Å². The summed E-state index contributed by atoms with van der Waals surface area (Å²) in [6, 6.07) is 7.85. The lowest BCUT2D eigenvalue weighted by Gasteiger charge is -2.18. The molecule has 0 saturated carbocycles. The minimum atomic E-state index is -0.832. The molecule has 1 aromatic heterocycles. The molecule has 1 aliphatic rings. The molecular formula is C19H22N2O3S. The van der Waals surface area contributed by atoms with Crippen LogP contribution in [0.4, 0.5) is 0 Å². The zero-order valence-electron chi connectivity index (χ0n) is 14.4. The number of aliphatic carboxylic acids is 1. The van der Waals surface area contributed by atoms with Gasteiger partial charge in [0.15, 0.2) is 0 Å². The fraction of sp³-hybridized carbons (Fsp3) is 0.421. The maximum Gasteiger partial charge on any atom is 0.308 e. The number of carbonyl (C=O) groups is 2. The number of nitrogens with zero attached hydrogens (tertiary/aromatic N) is 2. The van der Waals surface area contributed by atoms with Gasteiger partial charge in [-0.15, -0.1) is 11.3 Å². The first kappa shape index (κ1) is 17.6. The second-order valence-electron chi connectivity index (χ2n) is 6.57. The normalized spacial score (nSPS) is 20.0. The molecule has 132 valence electrons. The molecule has 3 rings (SSSR count). The Labute approximate surface area is 151 Å². The minimum absolute atomic E-state index is 0.0233. The molecule has 1 amide bonds. The molecule has 0 aliphatic carbocycles. The number of likely N-dealkylation sites (tertiary alicyclic amines) is 1. The van der Waals surface area contributed by atoms with E-state index in [1.165, 1.54) is 0 Å². The van der Waals surface area contributed by atoms with Crippen molar-refractivity contribution in [3.63, 3.8) is 0 Å². The second kappa shape index (κ2) is 7.35. The van der Waals surface area contributed by atoms with Crippen LogP contribution in [0, 0.1) is 19.8 Å². The number of benzene rings is 1. The molecule has 2 aromatic rings. The predicted octanol–water partition coefficient (Wildman–Crippen LogP) is 3.02. The highest BCUT2D eigenvalue weighted by Gasteiger charge is 2.40. The van der Waals surface area contributed by atoms with Gasteiger partial charge in [0.2, 0.25) is 5.91 Å². The summed E-state index contributed by atoms with van der Waals surface area (Å²) in [4.78, 5) is 31.4. The van der Waals surface area contributed by atoms with E-state index in [4.69, 9.17) is 0 Å². The topological polar surface area (TPSA) is 70.5 Å². The number of carboxylic acids is 1. The molecule has 0 radical (unpaired) electrons. The van der Waals surface area contributed by atoms with Gasteiger partial charge in [0.05, 0.1) is 17.1 Å². The van der Waals surface area contributed by atoms with Crippen molar-refractivity contribution in [2.75, 3.05) is 13.1 Å². The molecule has 2 heterocycles. The summed E-state index contributed by atoms with van der Waals surface area (Å²) >= 11 is 1.56. The van der Waals surface area contributed by atoms with Crippen LogP contribution < -0.4 is 0 Å². The molecule has 1 N–H and O–H groups in total. The largest absolute Gasteiger partial charge is 0.481 e. The van der Waals surface area contributed by atoms with Gasteiger partial charge in [-0.2, -0.15) is 0 Å². The summed E-state index contributed by atoms with van der Waals surface area (Å²) in [6.45, 7) is 4.70. The van der Waals surface area contributed by atoms with Crippen molar-refractivity contribution in [1.29, 1.82) is 0 Å². The smallest absolute Gasteiger partial charge is 0.308 e. The zero-order valence-corrected chi connectivity index (χ0v) is 15.3. The van der Waals surface area contributed by atoms with Crippen molar-refractivity contribution in [3.8, 4) is 0 Å². The summed E-state index contributed by atoms with van der Waals surface area (Å²) in [7, 11) is 0. The van der Waals surface area contributed by atoms with E-state index in [9.17, 15) is 14.7 Å². The standard InChI is InChI=1S/C19H22N2O3S/c1-12-5-3-4-6-14(12)15-9-21(10-16(15)19(23)24)18(22)8-7-17-13(2)20-11-25-17/h3-6,11,15-16H,7-10H2,1-2H3,(H,23,24)/t15-,16+/m1/s1. The van der Waals surface area contributed by atoms with Crippen LogP contribution in [0.5, 0.6) is 0 Å². The molecule has 1 aliphatic heterocycles. The molecule has 5 nitrogen and oxygen atoms in total. The lowest BCUT2D eigenvalue weighted by atomic mass is 9.86. The summed E-state index contributed by atoms with van der Waals surface area (Å²) in [5, 5.41) is 9.61. The Hall–Kier alpha value is -2.21. The molecule has 0 bridgehead atoms. The Bertz CT molecular complexity index is 786. The number of thiazole rings is 1. The highest BCUT2D eigenvalue weighted by molar-refractivity contribution is 7.09. The van der Waals surface area contributed by atoms with Crippen LogP contribution in [-0.2, 0) is 16.0 Å².